The van der Waals surface area contributed by atoms with Gasteiger partial charge in [-0.2, -0.15) is 13.2 Å². The topological polar surface area (TPSA) is 113 Å². The monoisotopic (exact) mass is 549 g/mol. The number of carbonyl (C=O) groups excluding carboxylic acids is 2. The van der Waals surface area contributed by atoms with Gasteiger partial charge in [-0.1, -0.05) is 6.07 Å². The zero-order valence-electron chi connectivity index (χ0n) is 22.2. The highest BCUT2D eigenvalue weighted by Crippen LogP contribution is 2.31. The summed E-state index contributed by atoms with van der Waals surface area (Å²) in [5.74, 6) is -1.12. The molecule has 12 heteroatoms. The van der Waals surface area contributed by atoms with E-state index < -0.39 is 17.6 Å². The van der Waals surface area contributed by atoms with Crippen LogP contribution in [0.2, 0.25) is 0 Å². The third-order valence-corrected chi connectivity index (χ3v) is 5.84. The van der Waals surface area contributed by atoms with Crippen molar-refractivity contribution >= 4 is 17.5 Å². The summed E-state index contributed by atoms with van der Waals surface area (Å²) in [6.45, 7) is 1.99. The van der Waals surface area contributed by atoms with Crippen molar-refractivity contribution in [2.45, 2.75) is 19.6 Å². The molecule has 9 nitrogen and oxygen atoms in total. The number of halogens is 3. The van der Waals surface area contributed by atoms with Crippen molar-refractivity contribution in [3.8, 4) is 22.5 Å². The van der Waals surface area contributed by atoms with E-state index in [1.54, 1.807) is 61.7 Å². The molecule has 0 unspecified atom stereocenters. The Morgan fingerprint density at radius 3 is 2.38 bits per heavy atom. The van der Waals surface area contributed by atoms with Gasteiger partial charge in [-0.3, -0.25) is 19.6 Å². The van der Waals surface area contributed by atoms with E-state index in [-0.39, 0.29) is 29.5 Å². The van der Waals surface area contributed by atoms with Crippen LogP contribution in [0.5, 0.6) is 0 Å². The van der Waals surface area contributed by atoms with Crippen molar-refractivity contribution < 1.29 is 22.8 Å². The van der Waals surface area contributed by atoms with E-state index >= 15 is 0 Å². The van der Waals surface area contributed by atoms with Crippen molar-refractivity contribution in [3.05, 3.63) is 89.3 Å². The lowest BCUT2D eigenvalue weighted by atomic mass is 10.0. The summed E-state index contributed by atoms with van der Waals surface area (Å²) in [7, 11) is 4.91. The molecule has 0 aliphatic rings. The zero-order chi connectivity index (χ0) is 29.0. The van der Waals surface area contributed by atoms with Crippen molar-refractivity contribution in [2.75, 3.05) is 26.5 Å². The molecule has 40 heavy (non-hydrogen) atoms. The Hall–Kier alpha value is -4.71. The molecule has 2 N–H and O–H groups in total. The van der Waals surface area contributed by atoms with Gasteiger partial charge in [-0.25, -0.2) is 9.97 Å². The van der Waals surface area contributed by atoms with Crippen LogP contribution in [0.1, 0.15) is 37.8 Å². The first kappa shape index (κ1) is 28.3. The minimum Gasteiger partial charge on any atom is -0.354 e. The molecule has 1 aromatic carbocycles. The Labute approximate surface area is 228 Å². The Morgan fingerprint density at radius 1 is 0.925 bits per heavy atom. The third-order valence-electron chi connectivity index (χ3n) is 5.84. The summed E-state index contributed by atoms with van der Waals surface area (Å²) < 4.78 is 40.5. The Balaban J connectivity index is 1.65. The number of aromatic nitrogens is 4. The standard InChI is InChI=1S/C28H26F3N7O2/c1-16-5-6-19(36-27(40)23-11-18(28(29,30)31)10-20(35-23)15-38(3)4)12-21(16)25-14-33-13-24(37-25)17-7-8-34-22(9-17)26(39)32-2/h5-14H,15H2,1-4H3,(H,32,39)(H,36,40). The van der Waals surface area contributed by atoms with Crippen LogP contribution >= 0.6 is 0 Å². The van der Waals surface area contributed by atoms with Gasteiger partial charge in [0.2, 0.25) is 0 Å². The molecule has 3 heterocycles. The predicted octanol–water partition coefficient (Wildman–Crippen LogP) is 4.60. The number of hydrogen-bond donors (Lipinski definition) is 2. The summed E-state index contributed by atoms with van der Waals surface area (Å²) in [6.07, 6.45) is -0.0185. The van der Waals surface area contributed by atoms with Gasteiger partial charge in [0.15, 0.2) is 0 Å². The molecule has 4 rings (SSSR count). The number of hydrogen-bond acceptors (Lipinski definition) is 7. The SMILES string of the molecule is CNC(=O)c1cc(-c2cncc(-c3cc(NC(=O)c4cc(C(F)(F)F)cc(CN(C)C)n4)ccc3C)n2)ccn1. The number of rotatable bonds is 7. The molecule has 0 aliphatic heterocycles. The number of pyridine rings is 2. The van der Waals surface area contributed by atoms with Gasteiger partial charge in [-0.15, -0.1) is 0 Å². The van der Waals surface area contributed by atoms with Gasteiger partial charge in [0.05, 0.1) is 35.0 Å². The maximum absolute atomic E-state index is 13.5. The first-order valence-corrected chi connectivity index (χ1v) is 12.1. The highest BCUT2D eigenvalue weighted by Gasteiger charge is 2.32. The van der Waals surface area contributed by atoms with Crippen molar-refractivity contribution in [1.82, 2.24) is 30.2 Å². The van der Waals surface area contributed by atoms with Gasteiger partial charge < -0.3 is 15.5 Å². The molecule has 0 saturated carbocycles. The van der Waals surface area contributed by atoms with Crippen molar-refractivity contribution in [1.29, 1.82) is 0 Å². The fourth-order valence-corrected chi connectivity index (χ4v) is 3.92. The smallest absolute Gasteiger partial charge is 0.354 e. The molecule has 0 aliphatic carbocycles. The number of alkyl halides is 3. The van der Waals surface area contributed by atoms with Crippen LogP contribution < -0.4 is 10.6 Å². The minimum absolute atomic E-state index is 0.123. The lowest BCUT2D eigenvalue weighted by molar-refractivity contribution is -0.137. The van der Waals surface area contributed by atoms with Crippen LogP contribution in [0.15, 0.2) is 61.1 Å². The first-order chi connectivity index (χ1) is 18.9. The molecule has 206 valence electrons. The maximum atomic E-state index is 13.5. The number of anilines is 1. The average molecular weight is 550 g/mol. The zero-order valence-corrected chi connectivity index (χ0v) is 22.2. The molecular weight excluding hydrogens is 523 g/mol. The molecule has 0 bridgehead atoms. The van der Waals surface area contributed by atoms with Crippen molar-refractivity contribution in [2.24, 2.45) is 0 Å². The van der Waals surface area contributed by atoms with Crippen molar-refractivity contribution in [3.63, 3.8) is 0 Å². The second-order valence-electron chi connectivity index (χ2n) is 9.25. The highest BCUT2D eigenvalue weighted by atomic mass is 19.4. The Bertz CT molecular complexity index is 1570. The summed E-state index contributed by atoms with van der Waals surface area (Å²) in [6, 6.07) is 10.0. The maximum Gasteiger partial charge on any atom is 0.416 e. The number of nitrogens with one attached hydrogen (secondary N) is 2. The van der Waals surface area contributed by atoms with E-state index in [0.717, 1.165) is 17.7 Å². The summed E-state index contributed by atoms with van der Waals surface area (Å²) in [5.41, 5.74) is 2.51. The van der Waals surface area contributed by atoms with Crippen LogP contribution in [0.4, 0.5) is 18.9 Å². The molecule has 3 aromatic heterocycles. The normalized spacial score (nSPS) is 11.4. The van der Waals surface area contributed by atoms with Gasteiger partial charge >= 0.3 is 6.18 Å². The Kier molecular flexibility index (Phi) is 8.19. The van der Waals surface area contributed by atoms with E-state index in [1.807, 2.05) is 6.92 Å². The molecule has 0 radical (unpaired) electrons. The minimum atomic E-state index is -4.63. The summed E-state index contributed by atoms with van der Waals surface area (Å²) in [4.78, 5) is 43.8. The predicted molar refractivity (Wildman–Crippen MR) is 143 cm³/mol. The quantitative estimate of drug-likeness (QED) is 0.346. The van der Waals surface area contributed by atoms with E-state index in [4.69, 9.17) is 0 Å². The fraction of sp³-hybridized carbons (Fsp3) is 0.214. The Morgan fingerprint density at radius 2 is 1.68 bits per heavy atom. The molecule has 4 aromatic rings. The molecule has 0 spiro atoms. The number of nitrogens with zero attached hydrogens (tertiary/aromatic N) is 5. The van der Waals surface area contributed by atoms with E-state index in [1.165, 1.54) is 13.2 Å². The second-order valence-corrected chi connectivity index (χ2v) is 9.25. The number of carbonyl (C=O) groups is 2. The van der Waals surface area contributed by atoms with Gasteiger partial charge in [-0.05, 0) is 63.0 Å². The molecule has 0 saturated heterocycles. The van der Waals surface area contributed by atoms with E-state index in [0.29, 0.717) is 28.2 Å². The second kappa shape index (κ2) is 11.6. The van der Waals surface area contributed by atoms with Crippen LogP contribution in [-0.2, 0) is 12.7 Å². The largest absolute Gasteiger partial charge is 0.416 e. The third kappa shape index (κ3) is 6.64. The van der Waals surface area contributed by atoms with Gasteiger partial charge in [0.1, 0.15) is 11.4 Å². The summed E-state index contributed by atoms with van der Waals surface area (Å²) in [5, 5.41) is 5.17. The van der Waals surface area contributed by atoms with E-state index in [9.17, 15) is 22.8 Å². The molecule has 0 fully saturated rings. The van der Waals surface area contributed by atoms with Gasteiger partial charge in [0, 0.05) is 36.6 Å². The fourth-order valence-electron chi connectivity index (χ4n) is 3.92. The van der Waals surface area contributed by atoms with Crippen LogP contribution in [0, 0.1) is 6.92 Å². The van der Waals surface area contributed by atoms with Gasteiger partial charge in [0.25, 0.3) is 11.8 Å². The molecule has 0 atom stereocenters. The highest BCUT2D eigenvalue weighted by molar-refractivity contribution is 6.03. The van der Waals surface area contributed by atoms with Crippen LogP contribution in [0.3, 0.4) is 0 Å². The molecular formula is C28H26F3N7O2. The first-order valence-electron chi connectivity index (χ1n) is 12.1. The number of aryl methyl sites for hydroxylation is 1. The van der Waals surface area contributed by atoms with Crippen LogP contribution in [0.25, 0.3) is 22.5 Å². The summed E-state index contributed by atoms with van der Waals surface area (Å²) >= 11 is 0. The lowest BCUT2D eigenvalue weighted by Gasteiger charge is -2.15. The number of amides is 2. The lowest BCUT2D eigenvalue weighted by Crippen LogP contribution is -2.19. The van der Waals surface area contributed by atoms with E-state index in [2.05, 4.69) is 30.6 Å². The average Bonchev–Trinajstić information content (AvgIpc) is 2.92. The molecule has 2 amide bonds. The number of benzene rings is 1. The van der Waals surface area contributed by atoms with Crippen LogP contribution in [-0.4, -0.2) is 57.8 Å².